The van der Waals surface area contributed by atoms with Gasteiger partial charge in [0, 0.05) is 12.6 Å². The fourth-order valence-corrected chi connectivity index (χ4v) is 2.80. The number of rotatable bonds is 6. The van der Waals surface area contributed by atoms with Crippen LogP contribution >= 0.6 is 0 Å². The van der Waals surface area contributed by atoms with Crippen molar-refractivity contribution in [2.24, 2.45) is 11.3 Å². The quantitative estimate of drug-likeness (QED) is 0.716. The van der Waals surface area contributed by atoms with Crippen LogP contribution in [0.2, 0.25) is 0 Å². The van der Waals surface area contributed by atoms with Crippen LogP contribution in [0.15, 0.2) is 0 Å². The van der Waals surface area contributed by atoms with Crippen molar-refractivity contribution in [1.82, 2.24) is 10.2 Å². The average Bonchev–Trinajstić information content (AvgIpc) is 2.92. The lowest BCUT2D eigenvalue weighted by atomic mass is 9.80. The van der Waals surface area contributed by atoms with Crippen molar-refractivity contribution in [3.8, 4) is 0 Å². The lowest BCUT2D eigenvalue weighted by molar-refractivity contribution is 0.227. The summed E-state index contributed by atoms with van der Waals surface area (Å²) in [5, 5.41) is 3.60. The molecule has 0 radical (unpaired) electrons. The second kappa shape index (κ2) is 5.71. The Labute approximate surface area is 107 Å². The molecule has 0 aromatic carbocycles. The number of nitrogens with one attached hydrogen (secondary N) is 1. The zero-order chi connectivity index (χ0) is 12.3. The molecule has 1 saturated carbocycles. The van der Waals surface area contributed by atoms with Gasteiger partial charge in [-0.15, -0.1) is 0 Å². The highest BCUT2D eigenvalue weighted by molar-refractivity contribution is 4.84. The van der Waals surface area contributed by atoms with Gasteiger partial charge in [0.25, 0.3) is 0 Å². The zero-order valence-electron chi connectivity index (χ0n) is 12.0. The van der Waals surface area contributed by atoms with Crippen molar-refractivity contribution in [2.75, 3.05) is 26.2 Å². The van der Waals surface area contributed by atoms with Crippen molar-refractivity contribution in [3.05, 3.63) is 0 Å². The molecule has 100 valence electrons. The van der Waals surface area contributed by atoms with Gasteiger partial charge >= 0.3 is 0 Å². The molecule has 0 amide bonds. The second-order valence-electron chi connectivity index (χ2n) is 7.09. The standard InChI is InChI=1S/C15H30N2/c1-15(2,3)13-8-11-17(12-13)10-5-4-9-16-14-6-7-14/h13-14,16H,4-12H2,1-3H3. The highest BCUT2D eigenvalue weighted by Crippen LogP contribution is 2.33. The van der Waals surface area contributed by atoms with Gasteiger partial charge in [0.2, 0.25) is 0 Å². The van der Waals surface area contributed by atoms with Gasteiger partial charge in [0.05, 0.1) is 0 Å². The molecule has 1 atom stereocenters. The molecule has 1 aliphatic carbocycles. The minimum absolute atomic E-state index is 0.502. The maximum Gasteiger partial charge on any atom is 0.00682 e. The number of likely N-dealkylation sites (tertiary alicyclic amines) is 1. The van der Waals surface area contributed by atoms with Gasteiger partial charge in [-0.25, -0.2) is 0 Å². The van der Waals surface area contributed by atoms with E-state index in [1.54, 1.807) is 0 Å². The van der Waals surface area contributed by atoms with Crippen molar-refractivity contribution in [3.63, 3.8) is 0 Å². The number of hydrogen-bond donors (Lipinski definition) is 1. The van der Waals surface area contributed by atoms with E-state index < -0.39 is 0 Å². The first kappa shape index (κ1) is 13.4. The molecule has 1 N–H and O–H groups in total. The minimum Gasteiger partial charge on any atom is -0.314 e. The van der Waals surface area contributed by atoms with Crippen molar-refractivity contribution in [1.29, 1.82) is 0 Å². The third-order valence-corrected chi connectivity index (χ3v) is 4.41. The lowest BCUT2D eigenvalue weighted by Crippen LogP contribution is -2.27. The Bertz CT molecular complexity index is 228. The Balaban J connectivity index is 1.51. The molecule has 2 rings (SSSR count). The summed E-state index contributed by atoms with van der Waals surface area (Å²) < 4.78 is 0. The largest absolute Gasteiger partial charge is 0.314 e. The lowest BCUT2D eigenvalue weighted by Gasteiger charge is -2.27. The van der Waals surface area contributed by atoms with Gasteiger partial charge in [-0.05, 0) is 63.1 Å². The molecule has 1 unspecified atom stereocenters. The average molecular weight is 238 g/mol. The summed E-state index contributed by atoms with van der Waals surface area (Å²) in [6.07, 6.45) is 6.96. The third-order valence-electron chi connectivity index (χ3n) is 4.41. The van der Waals surface area contributed by atoms with E-state index in [9.17, 15) is 0 Å². The van der Waals surface area contributed by atoms with Crippen LogP contribution in [-0.4, -0.2) is 37.1 Å². The van der Waals surface area contributed by atoms with Crippen molar-refractivity contribution >= 4 is 0 Å². The molecule has 1 aliphatic heterocycles. The summed E-state index contributed by atoms with van der Waals surface area (Å²) in [5.41, 5.74) is 0.502. The maximum absolute atomic E-state index is 3.60. The van der Waals surface area contributed by atoms with Crippen LogP contribution in [0, 0.1) is 11.3 Å². The Hall–Kier alpha value is -0.0800. The molecule has 2 heteroatoms. The third kappa shape index (κ3) is 4.59. The summed E-state index contributed by atoms with van der Waals surface area (Å²) >= 11 is 0. The molecule has 2 fully saturated rings. The van der Waals surface area contributed by atoms with E-state index in [1.807, 2.05) is 0 Å². The molecule has 1 heterocycles. The second-order valence-corrected chi connectivity index (χ2v) is 7.09. The fourth-order valence-electron chi connectivity index (χ4n) is 2.80. The Kier molecular flexibility index (Phi) is 4.48. The maximum atomic E-state index is 3.60. The van der Waals surface area contributed by atoms with Crippen LogP contribution in [0.3, 0.4) is 0 Å². The van der Waals surface area contributed by atoms with Gasteiger partial charge in [0.15, 0.2) is 0 Å². The molecule has 2 nitrogen and oxygen atoms in total. The van der Waals surface area contributed by atoms with E-state index >= 15 is 0 Å². The number of hydrogen-bond acceptors (Lipinski definition) is 2. The van der Waals surface area contributed by atoms with Crippen LogP contribution in [0.4, 0.5) is 0 Å². The van der Waals surface area contributed by atoms with E-state index in [1.165, 1.54) is 58.3 Å². The molecule has 1 saturated heterocycles. The SMILES string of the molecule is CC(C)(C)C1CCN(CCCCNC2CC2)C1. The van der Waals surface area contributed by atoms with Gasteiger partial charge in [0.1, 0.15) is 0 Å². The van der Waals surface area contributed by atoms with Crippen LogP contribution in [-0.2, 0) is 0 Å². The molecule has 0 spiro atoms. The first-order chi connectivity index (χ1) is 8.05. The van der Waals surface area contributed by atoms with E-state index in [0.29, 0.717) is 5.41 Å². The van der Waals surface area contributed by atoms with Crippen molar-refractivity contribution < 1.29 is 0 Å². The first-order valence-electron chi connectivity index (χ1n) is 7.51. The highest BCUT2D eigenvalue weighted by Gasteiger charge is 2.31. The summed E-state index contributed by atoms with van der Waals surface area (Å²) in [6.45, 7) is 12.4. The Morgan fingerprint density at radius 2 is 1.88 bits per heavy atom. The topological polar surface area (TPSA) is 15.3 Å². The van der Waals surface area contributed by atoms with Crippen molar-refractivity contribution in [2.45, 2.75) is 58.9 Å². The number of unbranched alkanes of at least 4 members (excludes halogenated alkanes) is 1. The molecule has 0 bridgehead atoms. The molecular weight excluding hydrogens is 208 g/mol. The zero-order valence-corrected chi connectivity index (χ0v) is 12.0. The van der Waals surface area contributed by atoms with E-state index in [-0.39, 0.29) is 0 Å². The molecular formula is C15H30N2. The van der Waals surface area contributed by atoms with Gasteiger partial charge in [-0.2, -0.15) is 0 Å². The van der Waals surface area contributed by atoms with E-state index in [0.717, 1.165) is 12.0 Å². The molecule has 0 aromatic heterocycles. The molecule has 17 heavy (non-hydrogen) atoms. The summed E-state index contributed by atoms with van der Waals surface area (Å²) in [6, 6.07) is 0.882. The molecule has 0 aromatic rings. The van der Waals surface area contributed by atoms with Crippen LogP contribution in [0.5, 0.6) is 0 Å². The van der Waals surface area contributed by atoms with E-state index in [4.69, 9.17) is 0 Å². The van der Waals surface area contributed by atoms with Gasteiger partial charge in [-0.3, -0.25) is 0 Å². The summed E-state index contributed by atoms with van der Waals surface area (Å²) in [4.78, 5) is 2.67. The Morgan fingerprint density at radius 1 is 1.12 bits per heavy atom. The predicted molar refractivity (Wildman–Crippen MR) is 74.3 cm³/mol. The smallest absolute Gasteiger partial charge is 0.00682 e. The fraction of sp³-hybridized carbons (Fsp3) is 1.00. The first-order valence-corrected chi connectivity index (χ1v) is 7.51. The van der Waals surface area contributed by atoms with Crippen LogP contribution in [0.25, 0.3) is 0 Å². The van der Waals surface area contributed by atoms with Crippen LogP contribution in [0.1, 0.15) is 52.9 Å². The monoisotopic (exact) mass is 238 g/mol. The molecule has 2 aliphatic rings. The Morgan fingerprint density at radius 3 is 2.47 bits per heavy atom. The number of nitrogens with zero attached hydrogens (tertiary/aromatic N) is 1. The predicted octanol–water partition coefficient (Wildman–Crippen LogP) is 2.89. The summed E-state index contributed by atoms with van der Waals surface area (Å²) in [7, 11) is 0. The normalized spacial score (nSPS) is 26.6. The summed E-state index contributed by atoms with van der Waals surface area (Å²) in [5.74, 6) is 0.909. The van der Waals surface area contributed by atoms with E-state index in [2.05, 4.69) is 31.0 Å². The van der Waals surface area contributed by atoms with Gasteiger partial charge < -0.3 is 10.2 Å². The highest BCUT2D eigenvalue weighted by atomic mass is 15.1. The van der Waals surface area contributed by atoms with Crippen LogP contribution < -0.4 is 5.32 Å². The minimum atomic E-state index is 0.502. The van der Waals surface area contributed by atoms with Gasteiger partial charge in [-0.1, -0.05) is 20.8 Å².